The third-order valence-electron chi connectivity index (χ3n) is 4.90. The molecule has 0 saturated carbocycles. The Hall–Kier alpha value is -3.44. The van der Waals surface area contributed by atoms with Gasteiger partial charge in [0.1, 0.15) is 34.6 Å². The number of ether oxygens (including phenoxy) is 2. The van der Waals surface area contributed by atoms with E-state index in [9.17, 15) is 8.42 Å². The standard InChI is InChI=1S/C23H24N4O5S2/c1-14(2)22-25-26-23(33-22)27-34(28,29)19-11-9-18(10-12-19)31-13-20-15(3)32-21(24-20)16-5-7-17(30-4)8-6-16/h5-12,14H,13H2,1-4H3,(H,26,27). The van der Waals surface area contributed by atoms with E-state index in [1.165, 1.54) is 23.5 Å². The van der Waals surface area contributed by atoms with Gasteiger partial charge in [0, 0.05) is 11.5 Å². The zero-order valence-electron chi connectivity index (χ0n) is 19.1. The van der Waals surface area contributed by atoms with Crippen LogP contribution in [0.5, 0.6) is 11.5 Å². The number of methoxy groups -OCH3 is 1. The van der Waals surface area contributed by atoms with Crippen LogP contribution in [0.3, 0.4) is 0 Å². The molecule has 4 aromatic rings. The van der Waals surface area contributed by atoms with Crippen LogP contribution < -0.4 is 14.2 Å². The van der Waals surface area contributed by atoms with E-state index in [-0.39, 0.29) is 22.6 Å². The first-order valence-electron chi connectivity index (χ1n) is 10.4. The van der Waals surface area contributed by atoms with Crippen LogP contribution in [0.2, 0.25) is 0 Å². The summed E-state index contributed by atoms with van der Waals surface area (Å²) >= 11 is 1.22. The molecule has 4 rings (SSSR count). The van der Waals surface area contributed by atoms with Crippen LogP contribution in [0.1, 0.15) is 36.2 Å². The minimum absolute atomic E-state index is 0.0977. The largest absolute Gasteiger partial charge is 0.497 e. The Bertz CT molecular complexity index is 1360. The van der Waals surface area contributed by atoms with Crippen LogP contribution in [-0.2, 0) is 16.6 Å². The number of benzene rings is 2. The molecule has 2 aromatic carbocycles. The van der Waals surface area contributed by atoms with Gasteiger partial charge in [-0.1, -0.05) is 25.2 Å². The van der Waals surface area contributed by atoms with Gasteiger partial charge in [0.25, 0.3) is 10.0 Å². The summed E-state index contributed by atoms with van der Waals surface area (Å²) in [7, 11) is -2.17. The monoisotopic (exact) mass is 500 g/mol. The second-order valence-electron chi connectivity index (χ2n) is 7.72. The third-order valence-corrected chi connectivity index (χ3v) is 7.52. The molecular formula is C23H24N4O5S2. The lowest BCUT2D eigenvalue weighted by atomic mass is 10.2. The van der Waals surface area contributed by atoms with Crippen LogP contribution in [0.15, 0.2) is 57.8 Å². The van der Waals surface area contributed by atoms with E-state index in [0.717, 1.165) is 16.3 Å². The Labute approximate surface area is 201 Å². The number of oxazole rings is 1. The average molecular weight is 501 g/mol. The summed E-state index contributed by atoms with van der Waals surface area (Å²) in [5, 5.41) is 8.90. The Morgan fingerprint density at radius 1 is 1.03 bits per heavy atom. The van der Waals surface area contributed by atoms with Gasteiger partial charge in [-0.15, -0.1) is 10.2 Å². The van der Waals surface area contributed by atoms with Gasteiger partial charge in [-0.05, 0) is 55.5 Å². The van der Waals surface area contributed by atoms with Crippen molar-refractivity contribution in [1.82, 2.24) is 15.2 Å². The second kappa shape index (κ2) is 9.82. The fourth-order valence-corrected chi connectivity index (χ4v) is 4.94. The normalized spacial score (nSPS) is 11.6. The fraction of sp³-hybridized carbons (Fsp3) is 0.261. The maximum atomic E-state index is 12.7. The highest BCUT2D eigenvalue weighted by molar-refractivity contribution is 7.93. The highest BCUT2D eigenvalue weighted by atomic mass is 32.2. The predicted octanol–water partition coefficient (Wildman–Crippen LogP) is 5.01. The molecule has 0 amide bonds. The number of nitrogens with zero attached hydrogens (tertiary/aromatic N) is 3. The number of aryl methyl sites for hydroxylation is 1. The lowest BCUT2D eigenvalue weighted by molar-refractivity contribution is 0.299. The molecule has 9 nitrogen and oxygen atoms in total. The summed E-state index contributed by atoms with van der Waals surface area (Å²) in [6, 6.07) is 13.5. The van der Waals surface area contributed by atoms with Crippen LogP contribution in [0.4, 0.5) is 5.13 Å². The number of sulfonamides is 1. The number of aromatic nitrogens is 3. The molecule has 0 spiro atoms. The maximum Gasteiger partial charge on any atom is 0.263 e. The summed E-state index contributed by atoms with van der Waals surface area (Å²) in [5.74, 6) is 2.56. The molecule has 2 heterocycles. The van der Waals surface area contributed by atoms with Gasteiger partial charge in [0.05, 0.1) is 12.0 Å². The van der Waals surface area contributed by atoms with Gasteiger partial charge >= 0.3 is 0 Å². The van der Waals surface area contributed by atoms with Crippen LogP contribution in [0, 0.1) is 6.92 Å². The maximum absolute atomic E-state index is 12.7. The Kier molecular flexibility index (Phi) is 6.85. The van der Waals surface area contributed by atoms with E-state index in [1.54, 1.807) is 19.2 Å². The molecule has 11 heteroatoms. The van der Waals surface area contributed by atoms with Gasteiger partial charge in [-0.3, -0.25) is 4.72 Å². The molecule has 178 valence electrons. The average Bonchev–Trinajstić information content (AvgIpc) is 3.44. The van der Waals surface area contributed by atoms with E-state index in [1.807, 2.05) is 45.0 Å². The lowest BCUT2D eigenvalue weighted by Crippen LogP contribution is -2.12. The predicted molar refractivity (Wildman–Crippen MR) is 129 cm³/mol. The number of rotatable bonds is 9. The van der Waals surface area contributed by atoms with Crippen molar-refractivity contribution in [3.63, 3.8) is 0 Å². The molecule has 0 atom stereocenters. The van der Waals surface area contributed by atoms with Crippen molar-refractivity contribution in [2.45, 2.75) is 38.2 Å². The summed E-state index contributed by atoms with van der Waals surface area (Å²) in [4.78, 5) is 4.62. The number of hydrogen-bond acceptors (Lipinski definition) is 9. The molecule has 0 radical (unpaired) electrons. The Morgan fingerprint density at radius 2 is 1.71 bits per heavy atom. The summed E-state index contributed by atoms with van der Waals surface area (Å²) in [6.07, 6.45) is 0. The van der Waals surface area contributed by atoms with Gasteiger partial charge in [-0.25, -0.2) is 13.4 Å². The van der Waals surface area contributed by atoms with Crippen molar-refractivity contribution in [2.24, 2.45) is 0 Å². The zero-order chi connectivity index (χ0) is 24.3. The highest BCUT2D eigenvalue weighted by Crippen LogP contribution is 2.27. The number of anilines is 1. The fourth-order valence-electron chi connectivity index (χ4n) is 2.97. The van der Waals surface area contributed by atoms with Gasteiger partial charge in [0.2, 0.25) is 11.0 Å². The van der Waals surface area contributed by atoms with Gasteiger partial charge in [0.15, 0.2) is 0 Å². The third kappa shape index (κ3) is 5.37. The molecular weight excluding hydrogens is 476 g/mol. The Balaban J connectivity index is 1.40. The van der Waals surface area contributed by atoms with Crippen molar-refractivity contribution in [1.29, 1.82) is 0 Å². The molecule has 0 aliphatic rings. The Morgan fingerprint density at radius 3 is 2.32 bits per heavy atom. The van der Waals surface area contributed by atoms with E-state index in [0.29, 0.717) is 23.1 Å². The summed E-state index contributed by atoms with van der Waals surface area (Å²) in [6.45, 7) is 5.94. The quantitative estimate of drug-likeness (QED) is 0.341. The van der Waals surface area contributed by atoms with Crippen LogP contribution in [0.25, 0.3) is 11.5 Å². The minimum Gasteiger partial charge on any atom is -0.497 e. The van der Waals surface area contributed by atoms with Crippen LogP contribution in [-0.4, -0.2) is 30.7 Å². The van der Waals surface area contributed by atoms with Crippen LogP contribution >= 0.6 is 11.3 Å². The molecule has 0 saturated heterocycles. The molecule has 0 aliphatic carbocycles. The first-order valence-corrected chi connectivity index (χ1v) is 12.7. The topological polar surface area (TPSA) is 116 Å². The van der Waals surface area contributed by atoms with Gasteiger partial charge < -0.3 is 13.9 Å². The van der Waals surface area contributed by atoms with Gasteiger partial charge in [-0.2, -0.15) is 0 Å². The van der Waals surface area contributed by atoms with Crippen molar-refractivity contribution >= 4 is 26.5 Å². The molecule has 0 aliphatic heterocycles. The molecule has 0 unspecified atom stereocenters. The van der Waals surface area contributed by atoms with Crippen molar-refractivity contribution in [3.8, 4) is 23.0 Å². The van der Waals surface area contributed by atoms with Crippen molar-refractivity contribution in [3.05, 3.63) is 65.0 Å². The van der Waals surface area contributed by atoms with E-state index in [2.05, 4.69) is 19.9 Å². The minimum atomic E-state index is -3.78. The second-order valence-corrected chi connectivity index (χ2v) is 10.4. The van der Waals surface area contributed by atoms with Crippen molar-refractivity contribution < 1.29 is 22.3 Å². The van der Waals surface area contributed by atoms with E-state index in [4.69, 9.17) is 13.9 Å². The first kappa shape index (κ1) is 23.7. The molecule has 34 heavy (non-hydrogen) atoms. The smallest absolute Gasteiger partial charge is 0.263 e. The summed E-state index contributed by atoms with van der Waals surface area (Å²) in [5.41, 5.74) is 1.48. The lowest BCUT2D eigenvalue weighted by Gasteiger charge is -2.07. The van der Waals surface area contributed by atoms with E-state index >= 15 is 0 Å². The van der Waals surface area contributed by atoms with E-state index < -0.39 is 10.0 Å². The SMILES string of the molecule is COc1ccc(-c2nc(COc3ccc(S(=O)(=O)Nc4nnc(C(C)C)s4)cc3)c(C)o2)cc1. The summed E-state index contributed by atoms with van der Waals surface area (Å²) < 4.78 is 44.5. The molecule has 0 bridgehead atoms. The first-order chi connectivity index (χ1) is 16.2. The molecule has 2 aromatic heterocycles. The molecule has 1 N–H and O–H groups in total. The molecule has 0 fully saturated rings. The zero-order valence-corrected chi connectivity index (χ0v) is 20.7. The number of hydrogen-bond donors (Lipinski definition) is 1. The van der Waals surface area contributed by atoms with Crippen molar-refractivity contribution in [2.75, 3.05) is 11.8 Å². The highest BCUT2D eigenvalue weighted by Gasteiger charge is 2.18. The number of nitrogens with one attached hydrogen (secondary N) is 1.